The Morgan fingerprint density at radius 1 is 1.11 bits per heavy atom. The van der Waals surface area contributed by atoms with Crippen LogP contribution in [-0.2, 0) is 11.8 Å². The highest BCUT2D eigenvalue weighted by molar-refractivity contribution is 9.08. The third-order valence-corrected chi connectivity index (χ3v) is 3.20. The Bertz CT molecular complexity index is 504. The lowest BCUT2D eigenvalue weighted by molar-refractivity contribution is 0.305. The molecule has 0 bridgehead atoms. The van der Waals surface area contributed by atoms with E-state index in [-0.39, 0.29) is 5.82 Å². The van der Waals surface area contributed by atoms with Crippen LogP contribution in [0.5, 0.6) is 5.75 Å². The Hall–Kier alpha value is -1.42. The number of benzene rings is 1. The second kappa shape index (κ2) is 6.50. The summed E-state index contributed by atoms with van der Waals surface area (Å²) < 4.78 is 19.0. The molecule has 2 rings (SSSR count). The first kappa shape index (κ1) is 13.0. The van der Waals surface area contributed by atoms with Crippen molar-refractivity contribution >= 4 is 15.9 Å². The molecule has 0 spiro atoms. The van der Waals surface area contributed by atoms with E-state index in [4.69, 9.17) is 4.74 Å². The van der Waals surface area contributed by atoms with E-state index in [1.165, 1.54) is 6.07 Å². The van der Waals surface area contributed by atoms with E-state index < -0.39 is 0 Å². The number of aromatic nitrogens is 1. The standard InChI is InChI=1S/C14H13BrFNO/c15-10-12-1-2-14(13(16)9-12)18-8-5-11-3-6-17-7-4-11/h1-4,6-7,9H,5,8,10H2. The van der Waals surface area contributed by atoms with Crippen LogP contribution in [0.25, 0.3) is 0 Å². The predicted molar refractivity (Wildman–Crippen MR) is 72.5 cm³/mol. The molecule has 0 saturated heterocycles. The number of hydrogen-bond donors (Lipinski definition) is 0. The lowest BCUT2D eigenvalue weighted by atomic mass is 10.2. The summed E-state index contributed by atoms with van der Waals surface area (Å²) in [7, 11) is 0. The Balaban J connectivity index is 1.91. The molecule has 2 nitrogen and oxygen atoms in total. The monoisotopic (exact) mass is 309 g/mol. The van der Waals surface area contributed by atoms with Gasteiger partial charge in [-0.3, -0.25) is 4.98 Å². The molecule has 0 atom stereocenters. The van der Waals surface area contributed by atoms with Gasteiger partial charge in [-0.2, -0.15) is 0 Å². The third-order valence-electron chi connectivity index (χ3n) is 2.55. The van der Waals surface area contributed by atoms with Gasteiger partial charge < -0.3 is 4.74 Å². The normalized spacial score (nSPS) is 10.3. The van der Waals surface area contributed by atoms with E-state index >= 15 is 0 Å². The fourth-order valence-corrected chi connectivity index (χ4v) is 1.92. The molecule has 0 radical (unpaired) electrons. The summed E-state index contributed by atoms with van der Waals surface area (Å²) in [5.74, 6) is -0.0181. The van der Waals surface area contributed by atoms with Crippen molar-refractivity contribution in [2.75, 3.05) is 6.61 Å². The Kier molecular flexibility index (Phi) is 4.70. The maximum atomic E-state index is 13.6. The molecular weight excluding hydrogens is 297 g/mol. The highest BCUT2D eigenvalue weighted by Gasteiger charge is 2.04. The van der Waals surface area contributed by atoms with Crippen LogP contribution in [0.3, 0.4) is 0 Å². The number of nitrogens with zero attached hydrogens (tertiary/aromatic N) is 1. The largest absolute Gasteiger partial charge is 0.490 e. The lowest BCUT2D eigenvalue weighted by Gasteiger charge is -2.08. The van der Waals surface area contributed by atoms with Gasteiger partial charge >= 0.3 is 0 Å². The van der Waals surface area contributed by atoms with E-state index in [9.17, 15) is 4.39 Å². The Morgan fingerprint density at radius 2 is 1.89 bits per heavy atom. The molecule has 1 heterocycles. The summed E-state index contributed by atoms with van der Waals surface area (Å²) in [6.45, 7) is 0.453. The number of pyridine rings is 1. The van der Waals surface area contributed by atoms with Crippen LogP contribution in [0.15, 0.2) is 42.7 Å². The van der Waals surface area contributed by atoms with Crippen molar-refractivity contribution < 1.29 is 9.13 Å². The van der Waals surface area contributed by atoms with Gasteiger partial charge in [0.1, 0.15) is 0 Å². The van der Waals surface area contributed by atoms with Crippen molar-refractivity contribution in [2.45, 2.75) is 11.8 Å². The molecule has 2 aromatic rings. The number of hydrogen-bond acceptors (Lipinski definition) is 2. The summed E-state index contributed by atoms with van der Waals surface area (Å²) in [4.78, 5) is 3.94. The van der Waals surface area contributed by atoms with Crippen LogP contribution in [0, 0.1) is 5.82 Å². The summed E-state index contributed by atoms with van der Waals surface area (Å²) in [6, 6.07) is 8.84. The summed E-state index contributed by atoms with van der Waals surface area (Å²) in [6.07, 6.45) is 4.21. The van der Waals surface area contributed by atoms with Gasteiger partial charge in [-0.25, -0.2) is 4.39 Å². The topological polar surface area (TPSA) is 22.1 Å². The molecule has 0 aliphatic heterocycles. The average Bonchev–Trinajstić information content (AvgIpc) is 2.42. The van der Waals surface area contributed by atoms with Crippen LogP contribution >= 0.6 is 15.9 Å². The van der Waals surface area contributed by atoms with Crippen LogP contribution < -0.4 is 4.74 Å². The maximum Gasteiger partial charge on any atom is 0.165 e. The van der Waals surface area contributed by atoms with Crippen LogP contribution in [-0.4, -0.2) is 11.6 Å². The van der Waals surface area contributed by atoms with Gasteiger partial charge in [0, 0.05) is 24.1 Å². The van der Waals surface area contributed by atoms with E-state index in [2.05, 4.69) is 20.9 Å². The fraction of sp³-hybridized carbons (Fsp3) is 0.214. The molecule has 0 aliphatic rings. The minimum Gasteiger partial charge on any atom is -0.490 e. The summed E-state index contributed by atoms with van der Waals surface area (Å²) >= 11 is 3.29. The molecule has 1 aromatic carbocycles. The molecule has 94 valence electrons. The molecule has 0 unspecified atom stereocenters. The first-order valence-electron chi connectivity index (χ1n) is 5.65. The minimum absolute atomic E-state index is 0.300. The smallest absolute Gasteiger partial charge is 0.165 e. The van der Waals surface area contributed by atoms with Crippen molar-refractivity contribution in [3.63, 3.8) is 0 Å². The Morgan fingerprint density at radius 3 is 2.56 bits per heavy atom. The number of ether oxygens (including phenoxy) is 1. The van der Waals surface area contributed by atoms with Gasteiger partial charge in [0.15, 0.2) is 11.6 Å². The van der Waals surface area contributed by atoms with Crippen molar-refractivity contribution in [2.24, 2.45) is 0 Å². The fourth-order valence-electron chi connectivity index (χ4n) is 1.57. The molecule has 18 heavy (non-hydrogen) atoms. The van der Waals surface area contributed by atoms with Crippen molar-refractivity contribution in [3.05, 3.63) is 59.7 Å². The molecule has 1 aromatic heterocycles. The number of alkyl halides is 1. The quantitative estimate of drug-likeness (QED) is 0.785. The average molecular weight is 310 g/mol. The number of halogens is 2. The van der Waals surface area contributed by atoms with Crippen molar-refractivity contribution in [3.8, 4) is 5.75 Å². The van der Waals surface area contributed by atoms with Gasteiger partial charge in [-0.15, -0.1) is 0 Å². The lowest BCUT2D eigenvalue weighted by Crippen LogP contribution is -2.03. The van der Waals surface area contributed by atoms with Crippen molar-refractivity contribution in [1.29, 1.82) is 0 Å². The SMILES string of the molecule is Fc1cc(CBr)ccc1OCCc1ccncc1. The van der Waals surface area contributed by atoms with E-state index in [0.29, 0.717) is 17.7 Å². The molecular formula is C14H13BrFNO. The molecule has 0 saturated carbocycles. The summed E-state index contributed by atoms with van der Waals surface area (Å²) in [5.41, 5.74) is 2.02. The highest BCUT2D eigenvalue weighted by Crippen LogP contribution is 2.19. The number of rotatable bonds is 5. The van der Waals surface area contributed by atoms with Crippen LogP contribution in [0.1, 0.15) is 11.1 Å². The second-order valence-corrected chi connectivity index (χ2v) is 4.41. The van der Waals surface area contributed by atoms with E-state index in [0.717, 1.165) is 17.5 Å². The van der Waals surface area contributed by atoms with Crippen LogP contribution in [0.2, 0.25) is 0 Å². The molecule has 0 aliphatic carbocycles. The first-order chi connectivity index (χ1) is 8.79. The van der Waals surface area contributed by atoms with Gasteiger partial charge in [0.2, 0.25) is 0 Å². The first-order valence-corrected chi connectivity index (χ1v) is 6.78. The zero-order chi connectivity index (χ0) is 12.8. The summed E-state index contributed by atoms with van der Waals surface area (Å²) in [5, 5.41) is 0.640. The third kappa shape index (κ3) is 3.53. The zero-order valence-electron chi connectivity index (χ0n) is 9.77. The zero-order valence-corrected chi connectivity index (χ0v) is 11.4. The second-order valence-electron chi connectivity index (χ2n) is 3.85. The Labute approximate surface area is 114 Å². The minimum atomic E-state index is -0.318. The molecule has 4 heteroatoms. The molecule has 0 N–H and O–H groups in total. The van der Waals surface area contributed by atoms with E-state index in [1.54, 1.807) is 18.5 Å². The van der Waals surface area contributed by atoms with Gasteiger partial charge in [0.05, 0.1) is 6.61 Å². The predicted octanol–water partition coefficient (Wildman–Crippen LogP) is 3.74. The van der Waals surface area contributed by atoms with Crippen molar-refractivity contribution in [1.82, 2.24) is 4.98 Å². The highest BCUT2D eigenvalue weighted by atomic mass is 79.9. The molecule has 0 fully saturated rings. The van der Waals surface area contributed by atoms with Gasteiger partial charge in [0.25, 0.3) is 0 Å². The molecule has 0 amide bonds. The van der Waals surface area contributed by atoms with Gasteiger partial charge in [-0.05, 0) is 35.4 Å². The van der Waals surface area contributed by atoms with Gasteiger partial charge in [-0.1, -0.05) is 22.0 Å². The maximum absolute atomic E-state index is 13.6. The van der Waals surface area contributed by atoms with E-state index in [1.807, 2.05) is 18.2 Å². The van der Waals surface area contributed by atoms with Crippen LogP contribution in [0.4, 0.5) is 4.39 Å².